The molecule has 0 aliphatic heterocycles. The summed E-state index contributed by atoms with van der Waals surface area (Å²) in [6.45, 7) is 1.70. The molecule has 0 amide bonds. The highest BCUT2D eigenvalue weighted by Crippen LogP contribution is 2.26. The first-order chi connectivity index (χ1) is 7.43. The second-order valence-corrected chi connectivity index (χ2v) is 3.97. The Morgan fingerprint density at radius 3 is 2.62 bits per heavy atom. The summed E-state index contributed by atoms with van der Waals surface area (Å²) in [5.41, 5.74) is 1.09. The highest BCUT2D eigenvalue weighted by Gasteiger charge is 2.22. The van der Waals surface area contributed by atoms with Crippen molar-refractivity contribution < 1.29 is 20.1 Å². The molecule has 1 rings (SSSR count). The molecule has 1 aromatic carbocycles. The van der Waals surface area contributed by atoms with Gasteiger partial charge >= 0.3 is 5.97 Å². The van der Waals surface area contributed by atoms with Gasteiger partial charge in [-0.25, -0.2) is 0 Å². The van der Waals surface area contributed by atoms with E-state index in [0.717, 1.165) is 0 Å². The fraction of sp³-hybridized carbons (Fsp3) is 0.364. The SMILES string of the molecule is Cc1c(Cl)cccc1C(O)C(O)CC(=O)O. The summed E-state index contributed by atoms with van der Waals surface area (Å²) < 4.78 is 0. The molecule has 0 bridgehead atoms. The quantitative estimate of drug-likeness (QED) is 0.750. The van der Waals surface area contributed by atoms with Gasteiger partial charge in [0.2, 0.25) is 0 Å². The molecule has 0 radical (unpaired) electrons. The van der Waals surface area contributed by atoms with Gasteiger partial charge in [-0.2, -0.15) is 0 Å². The van der Waals surface area contributed by atoms with Crippen molar-refractivity contribution in [2.45, 2.75) is 25.6 Å². The highest BCUT2D eigenvalue weighted by molar-refractivity contribution is 6.31. The largest absolute Gasteiger partial charge is 0.481 e. The first kappa shape index (κ1) is 13.0. The van der Waals surface area contributed by atoms with E-state index in [0.29, 0.717) is 16.1 Å². The van der Waals surface area contributed by atoms with Crippen molar-refractivity contribution >= 4 is 17.6 Å². The summed E-state index contributed by atoms with van der Waals surface area (Å²) in [4.78, 5) is 10.4. The van der Waals surface area contributed by atoms with Crippen LogP contribution in [0.5, 0.6) is 0 Å². The van der Waals surface area contributed by atoms with Crippen LogP contribution in [0.2, 0.25) is 5.02 Å². The van der Waals surface area contributed by atoms with Gasteiger partial charge in [0, 0.05) is 5.02 Å². The maximum absolute atomic E-state index is 10.4. The number of aliphatic hydroxyl groups is 2. The molecule has 0 aliphatic carbocycles. The van der Waals surface area contributed by atoms with Crippen LogP contribution in [0.4, 0.5) is 0 Å². The van der Waals surface area contributed by atoms with Crippen LogP contribution in [-0.2, 0) is 4.79 Å². The minimum atomic E-state index is -1.34. The average molecular weight is 245 g/mol. The number of carboxylic acids is 1. The molecule has 88 valence electrons. The second kappa shape index (κ2) is 5.30. The average Bonchev–Trinajstić information content (AvgIpc) is 2.20. The van der Waals surface area contributed by atoms with Crippen LogP contribution in [0, 0.1) is 6.92 Å². The van der Waals surface area contributed by atoms with Crippen molar-refractivity contribution in [1.82, 2.24) is 0 Å². The number of carbonyl (C=O) groups is 1. The van der Waals surface area contributed by atoms with Gasteiger partial charge in [0.25, 0.3) is 0 Å². The first-order valence-corrected chi connectivity index (χ1v) is 5.14. The minimum absolute atomic E-state index is 0.446. The topological polar surface area (TPSA) is 77.8 Å². The molecule has 2 unspecified atom stereocenters. The lowest BCUT2D eigenvalue weighted by Crippen LogP contribution is -2.22. The number of aliphatic hydroxyl groups excluding tert-OH is 2. The number of benzene rings is 1. The summed E-state index contributed by atoms with van der Waals surface area (Å²) in [6.07, 6.45) is -3.09. The number of hydrogen-bond acceptors (Lipinski definition) is 3. The fourth-order valence-corrected chi connectivity index (χ4v) is 1.62. The molecule has 1 aromatic rings. The summed E-state index contributed by atoms with van der Waals surface area (Å²) in [6, 6.07) is 4.91. The Morgan fingerprint density at radius 2 is 2.06 bits per heavy atom. The van der Waals surface area contributed by atoms with E-state index < -0.39 is 24.6 Å². The molecular formula is C11H13ClO4. The Bertz CT molecular complexity index is 392. The molecular weight excluding hydrogens is 232 g/mol. The predicted molar refractivity (Wildman–Crippen MR) is 59.4 cm³/mol. The van der Waals surface area contributed by atoms with Crippen molar-refractivity contribution in [3.8, 4) is 0 Å². The Balaban J connectivity index is 2.91. The maximum Gasteiger partial charge on any atom is 0.306 e. The van der Waals surface area contributed by atoms with Crippen molar-refractivity contribution in [3.05, 3.63) is 34.3 Å². The molecule has 5 heteroatoms. The normalized spacial score (nSPS) is 14.5. The van der Waals surface area contributed by atoms with Crippen LogP contribution in [-0.4, -0.2) is 27.4 Å². The Hall–Kier alpha value is -1.10. The third-order valence-electron chi connectivity index (χ3n) is 2.38. The smallest absolute Gasteiger partial charge is 0.306 e. The van der Waals surface area contributed by atoms with Crippen LogP contribution >= 0.6 is 11.6 Å². The van der Waals surface area contributed by atoms with Crippen LogP contribution in [0.1, 0.15) is 23.7 Å². The predicted octanol–water partition coefficient (Wildman–Crippen LogP) is 1.52. The third kappa shape index (κ3) is 2.95. The molecule has 0 saturated carbocycles. The molecule has 4 nitrogen and oxygen atoms in total. The van der Waals surface area contributed by atoms with Crippen LogP contribution < -0.4 is 0 Å². The second-order valence-electron chi connectivity index (χ2n) is 3.56. The van der Waals surface area contributed by atoms with Gasteiger partial charge < -0.3 is 15.3 Å². The number of carboxylic acid groups (broad SMARTS) is 1. The number of rotatable bonds is 4. The third-order valence-corrected chi connectivity index (χ3v) is 2.79. The Kier molecular flexibility index (Phi) is 4.29. The highest BCUT2D eigenvalue weighted by atomic mass is 35.5. The zero-order valence-corrected chi connectivity index (χ0v) is 9.48. The lowest BCUT2D eigenvalue weighted by Gasteiger charge is -2.18. The van der Waals surface area contributed by atoms with Gasteiger partial charge in [-0.1, -0.05) is 23.7 Å². The molecule has 0 heterocycles. The van der Waals surface area contributed by atoms with E-state index in [2.05, 4.69) is 0 Å². The van der Waals surface area contributed by atoms with Gasteiger partial charge in [-0.3, -0.25) is 4.79 Å². The molecule has 0 spiro atoms. The molecule has 0 aliphatic rings. The van der Waals surface area contributed by atoms with Crippen LogP contribution in [0.15, 0.2) is 18.2 Å². The summed E-state index contributed by atoms with van der Waals surface area (Å²) in [7, 11) is 0. The van der Waals surface area contributed by atoms with Crippen LogP contribution in [0.3, 0.4) is 0 Å². The number of hydrogen-bond donors (Lipinski definition) is 3. The zero-order chi connectivity index (χ0) is 12.3. The van der Waals surface area contributed by atoms with Crippen molar-refractivity contribution in [1.29, 1.82) is 0 Å². The summed E-state index contributed by atoms with van der Waals surface area (Å²) in [5.74, 6) is -1.16. The van der Waals surface area contributed by atoms with Gasteiger partial charge in [-0.05, 0) is 24.1 Å². The summed E-state index contributed by atoms with van der Waals surface area (Å²) >= 11 is 5.86. The van der Waals surface area contributed by atoms with E-state index in [-0.39, 0.29) is 0 Å². The molecule has 2 atom stereocenters. The molecule has 0 fully saturated rings. The molecule has 0 aromatic heterocycles. The zero-order valence-electron chi connectivity index (χ0n) is 8.72. The Labute approximate surface area is 98.1 Å². The summed E-state index contributed by atoms with van der Waals surface area (Å²) in [5, 5.41) is 28.2. The van der Waals surface area contributed by atoms with Gasteiger partial charge in [0.05, 0.1) is 12.5 Å². The standard InChI is InChI=1S/C11H13ClO4/c1-6-7(3-2-4-8(6)12)11(16)9(13)5-10(14)15/h2-4,9,11,13,16H,5H2,1H3,(H,14,15). The minimum Gasteiger partial charge on any atom is -0.481 e. The van der Waals surface area contributed by atoms with Crippen molar-refractivity contribution in [3.63, 3.8) is 0 Å². The number of aliphatic carboxylic acids is 1. The van der Waals surface area contributed by atoms with E-state index in [1.807, 2.05) is 0 Å². The molecule has 16 heavy (non-hydrogen) atoms. The van der Waals surface area contributed by atoms with E-state index in [1.54, 1.807) is 25.1 Å². The van der Waals surface area contributed by atoms with E-state index in [1.165, 1.54) is 0 Å². The maximum atomic E-state index is 10.4. The van der Waals surface area contributed by atoms with E-state index >= 15 is 0 Å². The Morgan fingerprint density at radius 1 is 1.44 bits per heavy atom. The molecule has 0 saturated heterocycles. The molecule has 3 N–H and O–H groups in total. The number of halogens is 1. The van der Waals surface area contributed by atoms with Gasteiger partial charge in [0.15, 0.2) is 0 Å². The lowest BCUT2D eigenvalue weighted by atomic mass is 9.98. The monoisotopic (exact) mass is 244 g/mol. The van der Waals surface area contributed by atoms with E-state index in [9.17, 15) is 15.0 Å². The van der Waals surface area contributed by atoms with Crippen molar-refractivity contribution in [2.24, 2.45) is 0 Å². The van der Waals surface area contributed by atoms with Gasteiger partial charge in [-0.15, -0.1) is 0 Å². The van der Waals surface area contributed by atoms with Gasteiger partial charge in [0.1, 0.15) is 6.10 Å². The lowest BCUT2D eigenvalue weighted by molar-refractivity contribution is -0.141. The van der Waals surface area contributed by atoms with Crippen LogP contribution in [0.25, 0.3) is 0 Å². The fourth-order valence-electron chi connectivity index (χ4n) is 1.44. The van der Waals surface area contributed by atoms with E-state index in [4.69, 9.17) is 16.7 Å². The van der Waals surface area contributed by atoms with Crippen molar-refractivity contribution in [2.75, 3.05) is 0 Å². The first-order valence-electron chi connectivity index (χ1n) is 4.76.